The Kier molecular flexibility index (Phi) is 3.00. The van der Waals surface area contributed by atoms with Gasteiger partial charge >= 0.3 is 0 Å². The second-order valence-electron chi connectivity index (χ2n) is 3.62. The minimum absolute atomic E-state index is 0.650. The van der Waals surface area contributed by atoms with Crippen LogP contribution in [-0.4, -0.2) is 24.1 Å². The van der Waals surface area contributed by atoms with E-state index in [9.17, 15) is 0 Å². The molecule has 2 heterocycles. The number of hydrogen-bond donors (Lipinski definition) is 3. The van der Waals surface area contributed by atoms with Crippen LogP contribution < -0.4 is 10.6 Å². The molecule has 1 unspecified atom stereocenters. The Hall–Kier alpha value is -0.800. The molecule has 1 fully saturated rings. The summed E-state index contributed by atoms with van der Waals surface area (Å²) in [6, 6.07) is 4.80. The van der Waals surface area contributed by atoms with Crippen LogP contribution in [0.15, 0.2) is 18.3 Å². The number of aromatic amines is 1. The van der Waals surface area contributed by atoms with Crippen molar-refractivity contribution in [2.75, 3.05) is 13.1 Å². The predicted molar refractivity (Wildman–Crippen MR) is 53.5 cm³/mol. The third kappa shape index (κ3) is 2.57. The van der Waals surface area contributed by atoms with Gasteiger partial charge in [0.1, 0.15) is 0 Å². The molecule has 1 atom stereocenters. The van der Waals surface area contributed by atoms with Gasteiger partial charge in [-0.3, -0.25) is 0 Å². The Morgan fingerprint density at radius 3 is 3.23 bits per heavy atom. The molecule has 1 aliphatic heterocycles. The molecule has 3 heteroatoms. The van der Waals surface area contributed by atoms with Gasteiger partial charge in [-0.2, -0.15) is 0 Å². The van der Waals surface area contributed by atoms with Gasteiger partial charge in [0.15, 0.2) is 0 Å². The summed E-state index contributed by atoms with van der Waals surface area (Å²) in [6.07, 6.45) is 4.56. The number of piperidine rings is 1. The van der Waals surface area contributed by atoms with E-state index in [0.717, 1.165) is 13.1 Å². The molecule has 0 amide bonds. The number of hydrogen-bond acceptors (Lipinski definition) is 2. The van der Waals surface area contributed by atoms with Crippen molar-refractivity contribution in [1.82, 2.24) is 15.6 Å². The third-order valence-corrected chi connectivity index (χ3v) is 2.54. The lowest BCUT2D eigenvalue weighted by atomic mass is 10.1. The van der Waals surface area contributed by atoms with E-state index in [1.54, 1.807) is 0 Å². The minimum Gasteiger partial charge on any atom is -0.364 e. The number of aromatic nitrogens is 1. The fourth-order valence-corrected chi connectivity index (χ4v) is 1.76. The van der Waals surface area contributed by atoms with Crippen molar-refractivity contribution in [1.29, 1.82) is 0 Å². The number of H-pyrrole nitrogens is 1. The predicted octanol–water partition coefficient (Wildman–Crippen LogP) is 0.856. The second kappa shape index (κ2) is 4.44. The number of rotatable bonds is 3. The van der Waals surface area contributed by atoms with Gasteiger partial charge in [-0.25, -0.2) is 0 Å². The highest BCUT2D eigenvalue weighted by Crippen LogP contribution is 2.02. The van der Waals surface area contributed by atoms with E-state index < -0.39 is 0 Å². The van der Waals surface area contributed by atoms with E-state index in [2.05, 4.69) is 21.7 Å². The Balaban J connectivity index is 1.72. The van der Waals surface area contributed by atoms with Crippen molar-refractivity contribution in [3.8, 4) is 0 Å². The molecule has 2 rings (SSSR count). The molecule has 1 aromatic rings. The zero-order chi connectivity index (χ0) is 8.93. The molecule has 72 valence electrons. The average molecular weight is 179 g/mol. The largest absolute Gasteiger partial charge is 0.364 e. The summed E-state index contributed by atoms with van der Waals surface area (Å²) in [7, 11) is 0. The van der Waals surface area contributed by atoms with Crippen molar-refractivity contribution in [3.63, 3.8) is 0 Å². The van der Waals surface area contributed by atoms with Crippen LogP contribution in [0.1, 0.15) is 18.5 Å². The third-order valence-electron chi connectivity index (χ3n) is 2.54. The molecule has 0 radical (unpaired) electrons. The van der Waals surface area contributed by atoms with Crippen LogP contribution in [0, 0.1) is 0 Å². The molecule has 0 aliphatic carbocycles. The lowest BCUT2D eigenvalue weighted by Crippen LogP contribution is -2.42. The maximum atomic E-state index is 3.53. The smallest absolute Gasteiger partial charge is 0.0360 e. The molecule has 1 aliphatic rings. The maximum Gasteiger partial charge on any atom is 0.0360 e. The molecule has 0 aromatic carbocycles. The first kappa shape index (κ1) is 8.78. The van der Waals surface area contributed by atoms with Crippen molar-refractivity contribution in [2.24, 2.45) is 0 Å². The van der Waals surface area contributed by atoms with Crippen molar-refractivity contribution >= 4 is 0 Å². The van der Waals surface area contributed by atoms with Crippen LogP contribution in [0.2, 0.25) is 0 Å². The van der Waals surface area contributed by atoms with E-state index in [0.29, 0.717) is 6.04 Å². The van der Waals surface area contributed by atoms with Gasteiger partial charge in [0.2, 0.25) is 0 Å². The highest BCUT2D eigenvalue weighted by atomic mass is 15.0. The summed E-state index contributed by atoms with van der Waals surface area (Å²) in [4.78, 5) is 3.19. The van der Waals surface area contributed by atoms with Crippen molar-refractivity contribution in [3.05, 3.63) is 24.0 Å². The maximum absolute atomic E-state index is 3.53. The lowest BCUT2D eigenvalue weighted by molar-refractivity contribution is 0.388. The van der Waals surface area contributed by atoms with Crippen LogP contribution in [0.3, 0.4) is 0 Å². The van der Waals surface area contributed by atoms with Gasteiger partial charge in [-0.05, 0) is 31.5 Å². The molecule has 3 N–H and O–H groups in total. The molecule has 0 bridgehead atoms. The quantitative estimate of drug-likeness (QED) is 0.644. The first-order valence-corrected chi connectivity index (χ1v) is 5.01. The summed E-state index contributed by atoms with van der Waals surface area (Å²) in [5, 5.41) is 6.92. The van der Waals surface area contributed by atoms with Crippen molar-refractivity contribution < 1.29 is 0 Å². The average Bonchev–Trinajstić information content (AvgIpc) is 2.69. The van der Waals surface area contributed by atoms with Crippen LogP contribution in [0.25, 0.3) is 0 Å². The summed E-state index contributed by atoms with van der Waals surface area (Å²) in [6.45, 7) is 3.25. The van der Waals surface area contributed by atoms with Gasteiger partial charge in [0.05, 0.1) is 0 Å². The number of nitrogens with one attached hydrogen (secondary N) is 3. The molecular weight excluding hydrogens is 162 g/mol. The highest BCUT2D eigenvalue weighted by molar-refractivity contribution is 5.03. The Morgan fingerprint density at radius 2 is 2.54 bits per heavy atom. The topological polar surface area (TPSA) is 39.9 Å². The zero-order valence-corrected chi connectivity index (χ0v) is 7.84. The fraction of sp³-hybridized carbons (Fsp3) is 0.600. The lowest BCUT2D eigenvalue weighted by Gasteiger charge is -2.23. The van der Waals surface area contributed by atoms with Crippen LogP contribution in [0.5, 0.6) is 0 Å². The molecule has 1 saturated heterocycles. The second-order valence-corrected chi connectivity index (χ2v) is 3.62. The minimum atomic E-state index is 0.650. The Morgan fingerprint density at radius 1 is 1.54 bits per heavy atom. The molecule has 13 heavy (non-hydrogen) atoms. The molecule has 0 saturated carbocycles. The van der Waals surface area contributed by atoms with Crippen molar-refractivity contribution in [2.45, 2.75) is 25.4 Å². The van der Waals surface area contributed by atoms with Gasteiger partial charge in [0.25, 0.3) is 0 Å². The molecule has 3 nitrogen and oxygen atoms in total. The molecule has 1 aromatic heterocycles. The van der Waals surface area contributed by atoms with Crippen LogP contribution >= 0.6 is 0 Å². The fourth-order valence-electron chi connectivity index (χ4n) is 1.76. The van der Waals surface area contributed by atoms with E-state index in [-0.39, 0.29) is 0 Å². The first-order chi connectivity index (χ1) is 6.45. The Bertz CT molecular complexity index is 224. The van der Waals surface area contributed by atoms with E-state index >= 15 is 0 Å². The summed E-state index contributed by atoms with van der Waals surface area (Å²) in [5.74, 6) is 0. The normalized spacial score (nSPS) is 23.2. The summed E-state index contributed by atoms with van der Waals surface area (Å²) >= 11 is 0. The monoisotopic (exact) mass is 179 g/mol. The SMILES string of the molecule is c1c[nH]c(CNC2CCCNC2)c1. The van der Waals surface area contributed by atoms with Gasteiger partial charge in [-0.15, -0.1) is 0 Å². The van der Waals surface area contributed by atoms with E-state index in [4.69, 9.17) is 0 Å². The zero-order valence-electron chi connectivity index (χ0n) is 7.84. The molecular formula is C10H17N3. The summed E-state index contributed by atoms with van der Waals surface area (Å²) < 4.78 is 0. The van der Waals surface area contributed by atoms with Crippen LogP contribution in [-0.2, 0) is 6.54 Å². The first-order valence-electron chi connectivity index (χ1n) is 5.01. The van der Waals surface area contributed by atoms with Crippen LogP contribution in [0.4, 0.5) is 0 Å². The van der Waals surface area contributed by atoms with E-state index in [1.807, 2.05) is 12.3 Å². The molecule has 0 spiro atoms. The van der Waals surface area contributed by atoms with Gasteiger partial charge < -0.3 is 15.6 Å². The van der Waals surface area contributed by atoms with Gasteiger partial charge in [-0.1, -0.05) is 0 Å². The Labute approximate surface area is 78.9 Å². The highest BCUT2D eigenvalue weighted by Gasteiger charge is 2.11. The standard InChI is InChI=1S/C10H17N3/c1-3-9(7-11-5-1)13-8-10-4-2-6-12-10/h2,4,6,9,11-13H,1,3,5,7-8H2. The van der Waals surface area contributed by atoms with E-state index in [1.165, 1.54) is 25.1 Å². The van der Waals surface area contributed by atoms with Gasteiger partial charge in [0, 0.05) is 31.0 Å². The summed E-state index contributed by atoms with van der Waals surface area (Å²) in [5.41, 5.74) is 1.27.